The van der Waals surface area contributed by atoms with Crippen molar-refractivity contribution in [2.45, 2.75) is 59.5 Å². The summed E-state index contributed by atoms with van der Waals surface area (Å²) in [4.78, 5) is 44.1. The minimum atomic E-state index is -0.472. The molecule has 2 aliphatic rings. The quantitative estimate of drug-likeness (QED) is 0.639. The highest BCUT2D eigenvalue weighted by atomic mass is 16.2. The van der Waals surface area contributed by atoms with Crippen LogP contribution in [0.25, 0.3) is 0 Å². The third-order valence-electron chi connectivity index (χ3n) is 7.41. The van der Waals surface area contributed by atoms with Gasteiger partial charge in [-0.05, 0) is 50.6 Å². The van der Waals surface area contributed by atoms with Gasteiger partial charge in [0.25, 0.3) is 11.8 Å². The standard InChI is InChI=1S/C29H40N4O3/c1-4-30-27(35)24-18-32(16-22(2)3)19-25(26(24)34)28(36)33-15-9-13-29(21-33)12-8-14-31(20-29)17-23-10-6-5-7-11-23/h5-7,10-11,18-19,22H,4,8-9,12-17,20-21H2,1-3H3,(H,30,35)/t29-/m0/s1. The Labute approximate surface area is 214 Å². The van der Waals surface area contributed by atoms with Crippen LogP contribution in [0.3, 0.4) is 0 Å². The van der Waals surface area contributed by atoms with Crippen LogP contribution in [0.15, 0.2) is 47.5 Å². The highest BCUT2D eigenvalue weighted by molar-refractivity contribution is 5.99. The van der Waals surface area contributed by atoms with Crippen molar-refractivity contribution in [3.05, 3.63) is 69.6 Å². The maximum Gasteiger partial charge on any atom is 0.259 e. The predicted octanol–water partition coefficient (Wildman–Crippen LogP) is 3.77. The van der Waals surface area contributed by atoms with E-state index < -0.39 is 11.3 Å². The molecule has 0 bridgehead atoms. The normalized spacial score (nSPS) is 20.6. The Morgan fingerprint density at radius 1 is 1.00 bits per heavy atom. The summed E-state index contributed by atoms with van der Waals surface area (Å²) in [6.07, 6.45) is 7.47. The number of aromatic nitrogens is 1. The molecule has 2 aliphatic heterocycles. The van der Waals surface area contributed by atoms with Crippen LogP contribution in [-0.2, 0) is 13.1 Å². The summed E-state index contributed by atoms with van der Waals surface area (Å²) in [5.74, 6) is -0.356. The summed E-state index contributed by atoms with van der Waals surface area (Å²) in [5.41, 5.74) is 1.04. The van der Waals surface area contributed by atoms with Gasteiger partial charge in [-0.2, -0.15) is 0 Å². The number of likely N-dealkylation sites (tertiary alicyclic amines) is 2. The number of hydrogen-bond acceptors (Lipinski definition) is 4. The van der Waals surface area contributed by atoms with Gasteiger partial charge in [-0.15, -0.1) is 0 Å². The van der Waals surface area contributed by atoms with Crippen molar-refractivity contribution in [1.82, 2.24) is 19.7 Å². The Morgan fingerprint density at radius 3 is 2.39 bits per heavy atom. The third-order valence-corrected chi connectivity index (χ3v) is 7.41. The van der Waals surface area contributed by atoms with Crippen LogP contribution in [0.5, 0.6) is 0 Å². The summed E-state index contributed by atoms with van der Waals surface area (Å²) >= 11 is 0. The molecule has 0 unspecified atom stereocenters. The number of carbonyl (C=O) groups excluding carboxylic acids is 2. The topological polar surface area (TPSA) is 74.7 Å². The van der Waals surface area contributed by atoms with E-state index >= 15 is 0 Å². The Morgan fingerprint density at radius 2 is 1.69 bits per heavy atom. The molecule has 1 atom stereocenters. The molecular formula is C29H40N4O3. The lowest BCUT2D eigenvalue weighted by atomic mass is 9.73. The van der Waals surface area contributed by atoms with Crippen molar-refractivity contribution in [2.24, 2.45) is 11.3 Å². The van der Waals surface area contributed by atoms with E-state index in [-0.39, 0.29) is 22.4 Å². The van der Waals surface area contributed by atoms with Gasteiger partial charge in [-0.25, -0.2) is 0 Å². The number of rotatable bonds is 7. The lowest BCUT2D eigenvalue weighted by Crippen LogP contribution is -2.54. The van der Waals surface area contributed by atoms with Gasteiger partial charge in [0.1, 0.15) is 11.1 Å². The summed E-state index contributed by atoms with van der Waals surface area (Å²) < 4.78 is 1.83. The number of piperidine rings is 2. The van der Waals surface area contributed by atoms with Crippen LogP contribution in [0.4, 0.5) is 0 Å². The van der Waals surface area contributed by atoms with E-state index in [1.54, 1.807) is 12.4 Å². The van der Waals surface area contributed by atoms with Gasteiger partial charge in [-0.1, -0.05) is 44.2 Å². The average Bonchev–Trinajstić information content (AvgIpc) is 2.85. The Balaban J connectivity index is 1.56. The number of nitrogens with zero attached hydrogens (tertiary/aromatic N) is 3. The molecule has 0 saturated carbocycles. The first-order valence-electron chi connectivity index (χ1n) is 13.4. The minimum absolute atomic E-state index is 0.0433. The molecule has 7 nitrogen and oxygen atoms in total. The van der Waals surface area contributed by atoms with Crippen LogP contribution in [0, 0.1) is 11.3 Å². The molecule has 1 aromatic carbocycles. The Kier molecular flexibility index (Phi) is 8.29. The number of pyridine rings is 1. The van der Waals surface area contributed by atoms with Crippen molar-refractivity contribution < 1.29 is 9.59 Å². The SMILES string of the molecule is CCNC(=O)c1cn(CC(C)C)cc(C(=O)N2CCC[C@]3(CCCN(Cc4ccccc4)C3)C2)c1=O. The van der Waals surface area contributed by atoms with Gasteiger partial charge < -0.3 is 14.8 Å². The summed E-state index contributed by atoms with van der Waals surface area (Å²) in [6.45, 7) is 11.3. The van der Waals surface area contributed by atoms with E-state index in [1.807, 2.05) is 22.5 Å². The first kappa shape index (κ1) is 26.1. The summed E-state index contributed by atoms with van der Waals surface area (Å²) in [5, 5.41) is 2.72. The maximum absolute atomic E-state index is 13.8. The number of nitrogens with one attached hydrogen (secondary N) is 1. The molecule has 2 aromatic rings. The second-order valence-electron chi connectivity index (χ2n) is 11.0. The second-order valence-corrected chi connectivity index (χ2v) is 11.0. The van der Waals surface area contributed by atoms with E-state index in [2.05, 4.69) is 48.3 Å². The second kappa shape index (κ2) is 11.4. The molecule has 2 amide bonds. The number of benzene rings is 1. The maximum atomic E-state index is 13.8. The highest BCUT2D eigenvalue weighted by Crippen LogP contribution is 2.39. The van der Waals surface area contributed by atoms with Gasteiger partial charge in [0.15, 0.2) is 0 Å². The zero-order chi connectivity index (χ0) is 25.7. The van der Waals surface area contributed by atoms with Crippen LogP contribution < -0.4 is 10.7 Å². The summed E-state index contributed by atoms with van der Waals surface area (Å²) in [7, 11) is 0. The molecule has 1 aromatic heterocycles. The molecule has 1 spiro atoms. The minimum Gasteiger partial charge on any atom is -0.352 e. The lowest BCUT2D eigenvalue weighted by molar-refractivity contribution is 0.0112. The molecule has 7 heteroatoms. The van der Waals surface area contributed by atoms with Crippen LogP contribution in [-0.4, -0.2) is 58.9 Å². The van der Waals surface area contributed by atoms with Crippen molar-refractivity contribution in [2.75, 3.05) is 32.7 Å². The van der Waals surface area contributed by atoms with Crippen LogP contribution in [0.2, 0.25) is 0 Å². The van der Waals surface area contributed by atoms with Crippen molar-refractivity contribution >= 4 is 11.8 Å². The smallest absolute Gasteiger partial charge is 0.259 e. The number of amides is 2. The zero-order valence-electron chi connectivity index (χ0n) is 22.0. The fraction of sp³-hybridized carbons (Fsp3) is 0.552. The van der Waals surface area contributed by atoms with Gasteiger partial charge in [-0.3, -0.25) is 19.3 Å². The first-order chi connectivity index (χ1) is 17.3. The lowest BCUT2D eigenvalue weighted by Gasteiger charge is -2.48. The largest absolute Gasteiger partial charge is 0.352 e. The molecule has 2 fully saturated rings. The molecule has 194 valence electrons. The van der Waals surface area contributed by atoms with E-state index in [4.69, 9.17) is 0 Å². The van der Waals surface area contributed by atoms with E-state index in [1.165, 1.54) is 5.56 Å². The fourth-order valence-corrected chi connectivity index (χ4v) is 5.90. The van der Waals surface area contributed by atoms with Crippen molar-refractivity contribution in [3.63, 3.8) is 0 Å². The van der Waals surface area contributed by atoms with E-state index in [0.29, 0.717) is 32.1 Å². The first-order valence-corrected chi connectivity index (χ1v) is 13.4. The predicted molar refractivity (Wildman–Crippen MR) is 142 cm³/mol. The molecule has 0 aliphatic carbocycles. The van der Waals surface area contributed by atoms with Crippen LogP contribution in [0.1, 0.15) is 72.7 Å². The molecule has 4 rings (SSSR count). The Bertz CT molecular complexity index is 1120. The van der Waals surface area contributed by atoms with Gasteiger partial charge >= 0.3 is 0 Å². The third kappa shape index (κ3) is 6.06. The van der Waals surface area contributed by atoms with Crippen molar-refractivity contribution in [1.29, 1.82) is 0 Å². The number of carbonyl (C=O) groups is 2. The summed E-state index contributed by atoms with van der Waals surface area (Å²) in [6, 6.07) is 10.5. The van der Waals surface area contributed by atoms with Gasteiger partial charge in [0.05, 0.1) is 0 Å². The zero-order valence-corrected chi connectivity index (χ0v) is 22.0. The van der Waals surface area contributed by atoms with Crippen molar-refractivity contribution in [3.8, 4) is 0 Å². The molecule has 0 radical (unpaired) electrons. The number of hydrogen-bond donors (Lipinski definition) is 1. The molecule has 2 saturated heterocycles. The Hall–Kier alpha value is -2.93. The van der Waals surface area contributed by atoms with Gasteiger partial charge in [0.2, 0.25) is 5.43 Å². The molecule has 3 heterocycles. The highest BCUT2D eigenvalue weighted by Gasteiger charge is 2.41. The molecule has 36 heavy (non-hydrogen) atoms. The fourth-order valence-electron chi connectivity index (χ4n) is 5.90. The van der Waals surface area contributed by atoms with E-state index in [9.17, 15) is 14.4 Å². The monoisotopic (exact) mass is 492 g/mol. The molecule has 1 N–H and O–H groups in total. The van der Waals surface area contributed by atoms with Gasteiger partial charge in [0, 0.05) is 57.1 Å². The van der Waals surface area contributed by atoms with E-state index in [0.717, 1.165) is 45.3 Å². The average molecular weight is 493 g/mol. The molecular weight excluding hydrogens is 452 g/mol. The van der Waals surface area contributed by atoms with Crippen LogP contribution >= 0.6 is 0 Å².